The maximum absolute atomic E-state index is 6.79. The smallest absolute Gasteiger partial charge is 0.182 e. The van der Waals surface area contributed by atoms with Crippen molar-refractivity contribution < 1.29 is 4.42 Å². The third kappa shape index (κ3) is 4.78. The molecule has 0 aliphatic heterocycles. The number of furan rings is 1. The van der Waals surface area contributed by atoms with Crippen LogP contribution in [0.3, 0.4) is 0 Å². The van der Waals surface area contributed by atoms with E-state index >= 15 is 0 Å². The summed E-state index contributed by atoms with van der Waals surface area (Å²) in [4.78, 5) is 20.6. The summed E-state index contributed by atoms with van der Waals surface area (Å²) in [5.41, 5.74) is 12.8. The van der Waals surface area contributed by atoms with Crippen LogP contribution in [0.15, 0.2) is 162 Å². The molecule has 0 radical (unpaired) electrons. The van der Waals surface area contributed by atoms with Gasteiger partial charge in [-0.05, 0) is 39.9 Å². The number of hydrogen-bond acceptors (Lipinski definition) is 5. The van der Waals surface area contributed by atoms with Crippen molar-refractivity contribution in [1.29, 1.82) is 0 Å². The molecule has 0 spiro atoms. The summed E-state index contributed by atoms with van der Waals surface area (Å²) in [6.45, 7) is 4.47. The van der Waals surface area contributed by atoms with E-state index in [1.54, 1.807) is 0 Å². The van der Waals surface area contributed by atoms with Crippen molar-refractivity contribution in [2.75, 3.05) is 0 Å². The Labute approximate surface area is 301 Å². The van der Waals surface area contributed by atoms with Gasteiger partial charge in [-0.15, -0.1) is 0 Å². The van der Waals surface area contributed by atoms with E-state index < -0.39 is 0 Å². The van der Waals surface area contributed by atoms with Gasteiger partial charge in [-0.3, -0.25) is 0 Å². The van der Waals surface area contributed by atoms with Crippen LogP contribution in [0.2, 0.25) is 0 Å². The van der Waals surface area contributed by atoms with E-state index in [2.05, 4.69) is 141 Å². The second-order valence-electron chi connectivity index (χ2n) is 13.8. The minimum absolute atomic E-state index is 0.260. The van der Waals surface area contributed by atoms with Gasteiger partial charge in [0.2, 0.25) is 0 Å². The average Bonchev–Trinajstić information content (AvgIpc) is 3.70. The minimum atomic E-state index is -0.260. The zero-order chi connectivity index (χ0) is 34.8. The van der Waals surface area contributed by atoms with E-state index in [1.165, 1.54) is 11.1 Å². The summed E-state index contributed by atoms with van der Waals surface area (Å²) >= 11 is 0. The molecule has 246 valence electrons. The van der Waals surface area contributed by atoms with Crippen molar-refractivity contribution in [1.82, 2.24) is 19.9 Å². The van der Waals surface area contributed by atoms with Crippen molar-refractivity contribution in [3.05, 3.63) is 169 Å². The molecule has 10 rings (SSSR count). The normalized spacial score (nSPS) is 13.0. The second kappa shape index (κ2) is 11.7. The van der Waals surface area contributed by atoms with Gasteiger partial charge in [0.25, 0.3) is 0 Å². The highest BCUT2D eigenvalue weighted by Gasteiger charge is 2.37. The topological polar surface area (TPSA) is 64.7 Å². The van der Waals surface area contributed by atoms with Crippen molar-refractivity contribution >= 4 is 21.9 Å². The van der Waals surface area contributed by atoms with Crippen molar-refractivity contribution in [2.24, 2.45) is 0 Å². The maximum atomic E-state index is 6.79. The Morgan fingerprint density at radius 3 is 1.69 bits per heavy atom. The zero-order valence-electron chi connectivity index (χ0n) is 28.7. The monoisotopic (exact) mass is 668 g/mol. The Hall–Kier alpha value is -6.72. The van der Waals surface area contributed by atoms with Crippen LogP contribution in [0.4, 0.5) is 0 Å². The summed E-state index contributed by atoms with van der Waals surface area (Å²) in [6.07, 6.45) is 0. The number of benzene rings is 6. The van der Waals surface area contributed by atoms with E-state index in [0.29, 0.717) is 23.2 Å². The van der Waals surface area contributed by atoms with Gasteiger partial charge in [-0.1, -0.05) is 159 Å². The molecule has 0 amide bonds. The summed E-state index contributed by atoms with van der Waals surface area (Å²) in [6, 6.07) is 54.4. The molecule has 0 saturated carbocycles. The predicted molar refractivity (Wildman–Crippen MR) is 210 cm³/mol. The molecular weight excluding hydrogens is 637 g/mol. The van der Waals surface area contributed by atoms with Crippen molar-refractivity contribution in [3.8, 4) is 67.7 Å². The lowest BCUT2D eigenvalue weighted by Crippen LogP contribution is -2.17. The van der Waals surface area contributed by atoms with Crippen LogP contribution in [0.5, 0.6) is 0 Å². The zero-order valence-corrected chi connectivity index (χ0v) is 28.7. The van der Waals surface area contributed by atoms with Crippen LogP contribution in [-0.2, 0) is 5.41 Å². The molecule has 0 unspecified atom stereocenters. The largest absolute Gasteiger partial charge is 0.455 e. The Morgan fingerprint density at radius 2 is 0.942 bits per heavy atom. The number of pyridine rings is 1. The molecule has 9 aromatic rings. The first-order chi connectivity index (χ1) is 25.5. The molecule has 1 aliphatic carbocycles. The van der Waals surface area contributed by atoms with E-state index in [9.17, 15) is 0 Å². The molecule has 3 aromatic heterocycles. The van der Waals surface area contributed by atoms with Gasteiger partial charge >= 0.3 is 0 Å². The highest BCUT2D eigenvalue weighted by atomic mass is 16.3. The van der Waals surface area contributed by atoms with Gasteiger partial charge in [0.15, 0.2) is 17.5 Å². The SMILES string of the molecule is CC1(C)c2ccccc2-c2ccc(-c3nc(-c4ccc(-c5ccccc5)cc4)nc(-c4cccc5c4oc4c(-c6ccccc6)cccc45)n3)nc21. The van der Waals surface area contributed by atoms with Gasteiger partial charge < -0.3 is 4.42 Å². The van der Waals surface area contributed by atoms with E-state index in [1.807, 2.05) is 30.3 Å². The first-order valence-corrected chi connectivity index (χ1v) is 17.6. The molecule has 0 bridgehead atoms. The molecule has 5 heteroatoms. The van der Waals surface area contributed by atoms with E-state index in [4.69, 9.17) is 24.4 Å². The van der Waals surface area contributed by atoms with Crippen LogP contribution in [-0.4, -0.2) is 19.9 Å². The van der Waals surface area contributed by atoms with E-state index in [0.717, 1.165) is 66.6 Å². The van der Waals surface area contributed by atoms with Gasteiger partial charge in [0.1, 0.15) is 16.9 Å². The third-order valence-electron chi connectivity index (χ3n) is 10.3. The molecular formula is C47H32N4O. The van der Waals surface area contributed by atoms with Crippen molar-refractivity contribution in [2.45, 2.75) is 19.3 Å². The highest BCUT2D eigenvalue weighted by molar-refractivity contribution is 6.12. The number of para-hydroxylation sites is 2. The molecule has 0 saturated heterocycles. The fourth-order valence-electron chi connectivity index (χ4n) is 7.69. The lowest BCUT2D eigenvalue weighted by Gasteiger charge is -2.20. The quantitative estimate of drug-likeness (QED) is 0.183. The number of nitrogens with zero attached hydrogens (tertiary/aromatic N) is 4. The van der Waals surface area contributed by atoms with Crippen LogP contribution in [0.25, 0.3) is 89.6 Å². The van der Waals surface area contributed by atoms with Gasteiger partial charge in [0.05, 0.1) is 11.3 Å². The fourth-order valence-corrected chi connectivity index (χ4v) is 7.69. The maximum Gasteiger partial charge on any atom is 0.182 e. The molecule has 0 N–H and O–H groups in total. The Morgan fingerprint density at radius 1 is 0.385 bits per heavy atom. The molecule has 52 heavy (non-hydrogen) atoms. The van der Waals surface area contributed by atoms with Crippen LogP contribution in [0.1, 0.15) is 25.1 Å². The van der Waals surface area contributed by atoms with Gasteiger partial charge in [-0.25, -0.2) is 19.9 Å². The Balaban J connectivity index is 1.17. The van der Waals surface area contributed by atoms with Crippen molar-refractivity contribution in [3.63, 3.8) is 0 Å². The highest BCUT2D eigenvalue weighted by Crippen LogP contribution is 2.48. The third-order valence-corrected chi connectivity index (χ3v) is 10.3. The summed E-state index contributed by atoms with van der Waals surface area (Å²) in [7, 11) is 0. The van der Waals surface area contributed by atoms with Gasteiger partial charge in [0, 0.05) is 32.9 Å². The molecule has 5 nitrogen and oxygen atoms in total. The number of fused-ring (bicyclic) bond motifs is 6. The summed E-state index contributed by atoms with van der Waals surface area (Å²) in [5, 5.41) is 2.06. The van der Waals surface area contributed by atoms with Crippen LogP contribution in [0, 0.1) is 0 Å². The molecule has 6 aromatic carbocycles. The Kier molecular flexibility index (Phi) is 6.77. The summed E-state index contributed by atoms with van der Waals surface area (Å²) < 4.78 is 6.79. The average molecular weight is 669 g/mol. The predicted octanol–water partition coefficient (Wildman–Crippen LogP) is 11.8. The summed E-state index contributed by atoms with van der Waals surface area (Å²) in [5.74, 6) is 1.62. The lowest BCUT2D eigenvalue weighted by molar-refractivity contribution is 0.637. The van der Waals surface area contributed by atoms with E-state index in [-0.39, 0.29) is 5.41 Å². The number of hydrogen-bond donors (Lipinski definition) is 0. The first kappa shape index (κ1) is 30.1. The number of rotatable bonds is 5. The first-order valence-electron chi connectivity index (χ1n) is 17.6. The van der Waals surface area contributed by atoms with Gasteiger partial charge in [-0.2, -0.15) is 0 Å². The molecule has 1 aliphatic rings. The van der Waals surface area contributed by atoms with Crippen LogP contribution >= 0.6 is 0 Å². The minimum Gasteiger partial charge on any atom is -0.455 e. The van der Waals surface area contributed by atoms with Crippen LogP contribution < -0.4 is 0 Å². The molecule has 3 heterocycles. The number of aromatic nitrogens is 4. The second-order valence-corrected chi connectivity index (χ2v) is 13.8. The Bertz CT molecular complexity index is 2800. The molecule has 0 fully saturated rings. The fraction of sp³-hybridized carbons (Fsp3) is 0.0638. The lowest BCUT2D eigenvalue weighted by atomic mass is 9.85. The standard InChI is InChI=1S/C47H32N4O/c1-47(2)39-22-10-9-17-34(39)37-27-28-40(48-43(37)47)46-50-44(32-25-23-30(24-26-32)29-13-5-3-6-14-29)49-45(51-46)38-21-12-20-36-35-19-11-18-33(41(35)52-42(36)38)31-15-7-4-8-16-31/h3-28H,1-2H3. The molecule has 0 atom stereocenters.